The van der Waals surface area contributed by atoms with Gasteiger partial charge in [-0.3, -0.25) is 4.79 Å². The van der Waals surface area contributed by atoms with E-state index in [-0.39, 0.29) is 30.6 Å². The first-order chi connectivity index (χ1) is 9.94. The second-order valence-corrected chi connectivity index (χ2v) is 6.35. The number of nitrogens with one attached hydrogen (secondary N) is 1. The average Bonchev–Trinajstić information content (AvgIpc) is 3.06. The van der Waals surface area contributed by atoms with Crippen molar-refractivity contribution in [3.63, 3.8) is 0 Å². The first kappa shape index (κ1) is 14.5. The van der Waals surface area contributed by atoms with Crippen LogP contribution in [0.1, 0.15) is 49.5 Å². The Morgan fingerprint density at radius 1 is 1.38 bits per heavy atom. The van der Waals surface area contributed by atoms with Crippen LogP contribution >= 0.6 is 0 Å². The summed E-state index contributed by atoms with van der Waals surface area (Å²) in [5.74, 6) is -1.57. The molecule has 0 bridgehead atoms. The molecule has 2 fully saturated rings. The summed E-state index contributed by atoms with van der Waals surface area (Å²) in [7, 11) is 0. The van der Waals surface area contributed by atoms with Gasteiger partial charge in [0.15, 0.2) is 0 Å². The van der Waals surface area contributed by atoms with Crippen molar-refractivity contribution in [3.8, 4) is 0 Å². The minimum atomic E-state index is -2.57. The van der Waals surface area contributed by atoms with E-state index in [4.69, 9.17) is 0 Å². The Kier molecular flexibility index (Phi) is 3.71. The quantitative estimate of drug-likeness (QED) is 0.912. The fourth-order valence-electron chi connectivity index (χ4n) is 3.37. The second-order valence-electron chi connectivity index (χ2n) is 6.35. The summed E-state index contributed by atoms with van der Waals surface area (Å²) in [6.07, 6.45) is 3.00. The lowest BCUT2D eigenvalue weighted by atomic mass is 9.86. The molecule has 0 aromatic carbocycles. The maximum atomic E-state index is 13.2. The average molecular weight is 297 g/mol. The number of H-pyrrole nitrogens is 1. The van der Waals surface area contributed by atoms with Crippen molar-refractivity contribution in [2.45, 2.75) is 50.9 Å². The Morgan fingerprint density at radius 3 is 2.71 bits per heavy atom. The van der Waals surface area contributed by atoms with E-state index in [2.05, 4.69) is 9.97 Å². The van der Waals surface area contributed by atoms with E-state index in [1.807, 2.05) is 11.8 Å². The highest BCUT2D eigenvalue weighted by Gasteiger charge is 2.40. The smallest absolute Gasteiger partial charge is 0.248 e. The Morgan fingerprint density at radius 2 is 2.10 bits per heavy atom. The summed E-state index contributed by atoms with van der Waals surface area (Å²) >= 11 is 0. The molecule has 1 N–H and O–H groups in total. The van der Waals surface area contributed by atoms with Gasteiger partial charge >= 0.3 is 0 Å². The second kappa shape index (κ2) is 5.39. The van der Waals surface area contributed by atoms with Crippen molar-refractivity contribution >= 4 is 5.91 Å². The van der Waals surface area contributed by atoms with Gasteiger partial charge in [0.05, 0.1) is 0 Å². The molecule has 1 aliphatic heterocycles. The number of aromatic nitrogens is 2. The predicted molar refractivity (Wildman–Crippen MR) is 74.2 cm³/mol. The van der Waals surface area contributed by atoms with E-state index in [0.29, 0.717) is 25.9 Å². The van der Waals surface area contributed by atoms with Gasteiger partial charge in [-0.2, -0.15) is 0 Å². The molecule has 1 aromatic rings. The van der Waals surface area contributed by atoms with Gasteiger partial charge in [-0.15, -0.1) is 0 Å². The number of halogens is 2. The molecule has 116 valence electrons. The molecule has 2 heterocycles. The number of carbonyl (C=O) groups excluding carboxylic acids is 1. The number of nitrogens with zero attached hydrogens (tertiary/aromatic N) is 2. The van der Waals surface area contributed by atoms with Crippen LogP contribution in [0.2, 0.25) is 0 Å². The number of alkyl halides is 2. The lowest BCUT2D eigenvalue weighted by Gasteiger charge is -2.30. The highest BCUT2D eigenvalue weighted by Crippen LogP contribution is 2.37. The summed E-state index contributed by atoms with van der Waals surface area (Å²) in [4.78, 5) is 21.8. The fourth-order valence-corrected chi connectivity index (χ4v) is 3.37. The number of hydrogen-bond acceptors (Lipinski definition) is 2. The monoisotopic (exact) mass is 297 g/mol. The molecule has 1 atom stereocenters. The normalized spacial score (nSPS) is 26.2. The van der Waals surface area contributed by atoms with Gasteiger partial charge in [0.25, 0.3) is 0 Å². The third-order valence-electron chi connectivity index (χ3n) is 4.68. The van der Waals surface area contributed by atoms with Crippen molar-refractivity contribution in [1.82, 2.24) is 14.9 Å². The molecule has 6 heteroatoms. The molecule has 0 spiro atoms. The zero-order valence-electron chi connectivity index (χ0n) is 12.2. The molecule has 0 unspecified atom stereocenters. The Balaban J connectivity index is 1.57. The van der Waals surface area contributed by atoms with Crippen LogP contribution in [0.5, 0.6) is 0 Å². The lowest BCUT2D eigenvalue weighted by Crippen LogP contribution is -2.38. The van der Waals surface area contributed by atoms with Gasteiger partial charge < -0.3 is 9.88 Å². The number of hydrogen-bond donors (Lipinski definition) is 1. The van der Waals surface area contributed by atoms with Crippen LogP contribution in [-0.4, -0.2) is 39.8 Å². The lowest BCUT2D eigenvalue weighted by molar-refractivity contribution is -0.138. The third-order valence-corrected chi connectivity index (χ3v) is 4.68. The molecular formula is C15H21F2N3O. The Labute approximate surface area is 122 Å². The fraction of sp³-hybridized carbons (Fsp3) is 0.733. The van der Waals surface area contributed by atoms with E-state index >= 15 is 0 Å². The topological polar surface area (TPSA) is 49.0 Å². The van der Waals surface area contributed by atoms with Crippen LogP contribution in [0.25, 0.3) is 0 Å². The maximum Gasteiger partial charge on any atom is 0.248 e. The minimum Gasteiger partial charge on any atom is -0.346 e. The number of amides is 1. The zero-order chi connectivity index (χ0) is 15.0. The van der Waals surface area contributed by atoms with Gasteiger partial charge in [0.1, 0.15) is 5.82 Å². The number of rotatable bonds is 2. The molecule has 1 saturated carbocycles. The van der Waals surface area contributed by atoms with Crippen LogP contribution in [-0.2, 0) is 4.79 Å². The van der Waals surface area contributed by atoms with Gasteiger partial charge in [0, 0.05) is 49.7 Å². The van der Waals surface area contributed by atoms with Gasteiger partial charge in [-0.1, -0.05) is 0 Å². The van der Waals surface area contributed by atoms with Gasteiger partial charge in [-0.05, 0) is 26.2 Å². The van der Waals surface area contributed by atoms with Crippen molar-refractivity contribution < 1.29 is 13.6 Å². The van der Waals surface area contributed by atoms with Crippen LogP contribution < -0.4 is 0 Å². The first-order valence-corrected chi connectivity index (χ1v) is 7.63. The molecule has 2 aliphatic rings. The van der Waals surface area contributed by atoms with Crippen molar-refractivity contribution in [2.24, 2.45) is 5.92 Å². The van der Waals surface area contributed by atoms with E-state index in [0.717, 1.165) is 17.9 Å². The molecule has 3 rings (SSSR count). The third kappa shape index (κ3) is 3.09. The maximum absolute atomic E-state index is 13.2. The molecule has 21 heavy (non-hydrogen) atoms. The number of aryl methyl sites for hydroxylation is 1. The number of carbonyl (C=O) groups is 1. The summed E-state index contributed by atoms with van der Waals surface area (Å²) in [5, 5.41) is 0. The summed E-state index contributed by atoms with van der Waals surface area (Å²) in [6.45, 7) is 3.31. The Bertz CT molecular complexity index is 519. The van der Waals surface area contributed by atoms with Gasteiger partial charge in [-0.25, -0.2) is 13.8 Å². The van der Waals surface area contributed by atoms with Crippen LogP contribution in [0.3, 0.4) is 0 Å². The van der Waals surface area contributed by atoms with E-state index in [9.17, 15) is 13.6 Å². The SMILES string of the molecule is Cc1cnc([C@@H]2CCN(C(=O)C3CCC(F)(F)CC3)C2)[nH]1. The van der Waals surface area contributed by atoms with Crippen LogP contribution in [0.15, 0.2) is 6.20 Å². The molecule has 1 aliphatic carbocycles. The first-order valence-electron chi connectivity index (χ1n) is 7.63. The standard InChI is InChI=1S/C15H21F2N3O/c1-10-8-18-13(19-10)12-4-7-20(9-12)14(21)11-2-5-15(16,17)6-3-11/h8,11-12H,2-7,9H2,1H3,(H,18,19)/t12-/m1/s1. The highest BCUT2D eigenvalue weighted by atomic mass is 19.3. The summed E-state index contributed by atoms with van der Waals surface area (Å²) < 4.78 is 26.3. The van der Waals surface area contributed by atoms with Gasteiger partial charge in [0.2, 0.25) is 11.8 Å². The number of likely N-dealkylation sites (tertiary alicyclic amines) is 1. The predicted octanol–water partition coefficient (Wildman–Crippen LogP) is 2.86. The summed E-state index contributed by atoms with van der Waals surface area (Å²) in [6, 6.07) is 0. The molecule has 1 saturated heterocycles. The van der Waals surface area contributed by atoms with Crippen LogP contribution in [0.4, 0.5) is 8.78 Å². The van der Waals surface area contributed by atoms with E-state index in [1.165, 1.54) is 0 Å². The zero-order valence-corrected chi connectivity index (χ0v) is 12.2. The van der Waals surface area contributed by atoms with E-state index < -0.39 is 5.92 Å². The number of aromatic amines is 1. The van der Waals surface area contributed by atoms with Crippen molar-refractivity contribution in [1.29, 1.82) is 0 Å². The molecule has 1 aromatic heterocycles. The van der Waals surface area contributed by atoms with E-state index in [1.54, 1.807) is 6.20 Å². The molecular weight excluding hydrogens is 276 g/mol. The number of imidazole rings is 1. The molecule has 0 radical (unpaired) electrons. The van der Waals surface area contributed by atoms with Crippen LogP contribution in [0, 0.1) is 12.8 Å². The largest absolute Gasteiger partial charge is 0.346 e. The Hall–Kier alpha value is -1.46. The summed E-state index contributed by atoms with van der Waals surface area (Å²) in [5.41, 5.74) is 1.02. The van der Waals surface area contributed by atoms with Crippen molar-refractivity contribution in [3.05, 3.63) is 17.7 Å². The minimum absolute atomic E-state index is 0.0521. The molecule has 4 nitrogen and oxygen atoms in total. The molecule has 1 amide bonds. The van der Waals surface area contributed by atoms with Crippen molar-refractivity contribution in [2.75, 3.05) is 13.1 Å². The highest BCUT2D eigenvalue weighted by molar-refractivity contribution is 5.79.